The van der Waals surface area contributed by atoms with Crippen LogP contribution in [-0.4, -0.2) is 35.9 Å². The lowest BCUT2D eigenvalue weighted by Crippen LogP contribution is -2.16. The van der Waals surface area contributed by atoms with Crippen molar-refractivity contribution in [3.05, 3.63) is 53.4 Å². The largest absolute Gasteiger partial charge is 0.324 e. The van der Waals surface area contributed by atoms with Crippen molar-refractivity contribution in [2.24, 2.45) is 0 Å². The molecule has 3 aromatic heterocycles. The predicted molar refractivity (Wildman–Crippen MR) is 87.7 cm³/mol. The quantitative estimate of drug-likeness (QED) is 0.610. The van der Waals surface area contributed by atoms with Gasteiger partial charge in [-0.1, -0.05) is 11.6 Å². The molecule has 24 heavy (non-hydrogen) atoms. The number of carbonyl (C=O) groups excluding carboxylic acids is 1. The minimum Gasteiger partial charge on any atom is -0.324 e. The third-order valence-electron chi connectivity index (χ3n) is 3.18. The summed E-state index contributed by atoms with van der Waals surface area (Å²) in [7, 11) is 0. The summed E-state index contributed by atoms with van der Waals surface area (Å²) in [6, 6.07) is 7.79. The number of nitrogens with one attached hydrogen (secondary N) is 1. The average Bonchev–Trinajstić information content (AvgIpc) is 3.16. The van der Waals surface area contributed by atoms with Crippen molar-refractivity contribution in [3.8, 4) is 0 Å². The van der Waals surface area contributed by atoms with Crippen LogP contribution in [0.2, 0.25) is 6.43 Å². The van der Waals surface area contributed by atoms with Gasteiger partial charge in [0.05, 0.1) is 35.0 Å². The van der Waals surface area contributed by atoms with Crippen molar-refractivity contribution in [2.75, 3.05) is 5.31 Å². The highest BCUT2D eigenvalue weighted by atomic mass is 35.5. The van der Waals surface area contributed by atoms with Gasteiger partial charge in [0, 0.05) is 14.0 Å². The lowest BCUT2D eigenvalue weighted by molar-refractivity contribution is -0.115. The van der Waals surface area contributed by atoms with Gasteiger partial charge in [-0.2, -0.15) is 4.52 Å². The Balaban J connectivity index is 1.88. The predicted octanol–water partition coefficient (Wildman–Crippen LogP) is 1.90. The second-order valence-electron chi connectivity index (χ2n) is 4.76. The van der Waals surface area contributed by atoms with E-state index in [0.717, 1.165) is 0 Å². The van der Waals surface area contributed by atoms with Gasteiger partial charge in [-0.05, 0) is 40.8 Å². The molecular formula is C15H10ClN7O. The van der Waals surface area contributed by atoms with E-state index in [2.05, 4.69) is 25.5 Å². The molecule has 4 rings (SSSR count). The second-order valence-corrected chi connectivity index (χ2v) is 5.20. The Morgan fingerprint density at radius 1 is 1.42 bits per heavy atom. The molecule has 0 radical (unpaired) electrons. The molecule has 118 valence electrons. The van der Waals surface area contributed by atoms with E-state index < -0.39 is 12.3 Å². The van der Waals surface area contributed by atoms with Crippen LogP contribution in [0, 0.1) is 0 Å². The molecule has 9 heteroatoms. The van der Waals surface area contributed by atoms with Gasteiger partial charge >= 0.3 is 0 Å². The fraction of sp³-hybridized carbons (Fsp3) is 0.0667. The summed E-state index contributed by atoms with van der Waals surface area (Å²) in [5, 5.41) is 12.0. The summed E-state index contributed by atoms with van der Waals surface area (Å²) in [6.45, 7) is 0. The van der Waals surface area contributed by atoms with Gasteiger partial charge in [0.15, 0.2) is 1.41 Å². The smallest absolute Gasteiger partial charge is 0.230 e. The number of carbonyl (C=O) groups is 1. The summed E-state index contributed by atoms with van der Waals surface area (Å²) >= 11 is 6.00. The second kappa shape index (κ2) is 5.82. The molecule has 0 saturated heterocycles. The van der Waals surface area contributed by atoms with Crippen LogP contribution >= 0.6 is 11.6 Å². The van der Waals surface area contributed by atoms with Crippen molar-refractivity contribution in [1.29, 1.82) is 0 Å². The number of anilines is 1. The van der Waals surface area contributed by atoms with Crippen molar-refractivity contribution in [3.63, 3.8) is 0 Å². The molecule has 1 amide bonds. The van der Waals surface area contributed by atoms with Crippen LogP contribution in [0.3, 0.4) is 0 Å². The third kappa shape index (κ3) is 2.63. The first-order valence-corrected chi connectivity index (χ1v) is 7.18. The lowest BCUT2D eigenvalue weighted by atomic mass is 10.2. The number of hydrogen-bond acceptors (Lipinski definition) is 6. The topological polar surface area (TPSA) is 98.0 Å². The number of hydrogen-bond donors (Lipinski definition) is 1. The Bertz CT molecular complexity index is 1170. The first-order chi connectivity index (χ1) is 12.9. The number of amides is 1. The minimum atomic E-state index is -2.68. The molecule has 8 nitrogen and oxygen atoms in total. The first kappa shape index (κ1) is 11.4. The Kier molecular flexibility index (Phi) is 2.77. The molecule has 0 spiro atoms. The van der Waals surface area contributed by atoms with Crippen LogP contribution in [0.5, 0.6) is 0 Å². The Labute approximate surface area is 144 Å². The molecule has 1 N–H and O–H groups in total. The maximum Gasteiger partial charge on any atom is 0.230 e. The Morgan fingerprint density at radius 3 is 3.17 bits per heavy atom. The van der Waals surface area contributed by atoms with Gasteiger partial charge in [-0.3, -0.25) is 9.78 Å². The zero-order chi connectivity index (χ0) is 19.2. The molecule has 0 fully saturated rings. The van der Waals surface area contributed by atoms with Crippen LogP contribution < -0.4 is 5.31 Å². The zero-order valence-corrected chi connectivity index (χ0v) is 12.7. The van der Waals surface area contributed by atoms with E-state index >= 15 is 0 Å². The van der Waals surface area contributed by atoms with E-state index in [1.807, 2.05) is 0 Å². The zero-order valence-electron chi connectivity index (χ0n) is 15.0. The number of fused-ring (bicyclic) bond motifs is 3. The number of nitrogens with zero attached hydrogens (tertiary/aromatic N) is 6. The number of tetrazole rings is 1. The maximum absolute atomic E-state index is 12.7. The highest BCUT2D eigenvalue weighted by Crippen LogP contribution is 2.20. The number of rotatable bonds is 3. The highest BCUT2D eigenvalue weighted by Gasteiger charge is 2.15. The summed E-state index contributed by atoms with van der Waals surface area (Å²) in [4.78, 5) is 20.8. The van der Waals surface area contributed by atoms with E-state index in [-0.39, 0.29) is 17.0 Å². The van der Waals surface area contributed by atoms with E-state index in [9.17, 15) is 4.79 Å². The summed E-state index contributed by atoms with van der Waals surface area (Å²) in [5.74, 6) is -1.16. The number of pyridine rings is 1. The van der Waals surface area contributed by atoms with E-state index in [0.29, 0.717) is 21.4 Å². The van der Waals surface area contributed by atoms with Crippen molar-refractivity contribution in [1.82, 2.24) is 30.0 Å². The minimum absolute atomic E-state index is 0.0252. The maximum atomic E-state index is 12.7. The van der Waals surface area contributed by atoms with Gasteiger partial charge in [0.25, 0.3) is 0 Å². The molecule has 0 aliphatic rings. The molecule has 0 saturated carbocycles. The molecule has 1 aromatic carbocycles. The molecule has 3 heterocycles. The fourth-order valence-corrected chi connectivity index (χ4v) is 2.35. The van der Waals surface area contributed by atoms with Gasteiger partial charge < -0.3 is 5.31 Å². The van der Waals surface area contributed by atoms with Gasteiger partial charge in [0.1, 0.15) is 0 Å². The monoisotopic (exact) mass is 342 g/mol. The van der Waals surface area contributed by atoms with Crippen LogP contribution in [-0.2, 0) is 11.2 Å². The number of benzene rings is 1. The summed E-state index contributed by atoms with van der Waals surface area (Å²) in [6.07, 6.45) is 0.0867. The van der Waals surface area contributed by atoms with Crippen LogP contribution in [0.1, 0.15) is 8.44 Å². The molecule has 0 aliphatic heterocycles. The van der Waals surface area contributed by atoms with Crippen molar-refractivity contribution < 1.29 is 8.95 Å². The summed E-state index contributed by atoms with van der Waals surface area (Å²) < 4.78 is 25.9. The van der Waals surface area contributed by atoms with Gasteiger partial charge in [-0.15, -0.1) is 5.10 Å². The summed E-state index contributed by atoms with van der Waals surface area (Å²) in [5.41, 5.74) is 0.593. The third-order valence-corrected chi connectivity index (χ3v) is 3.42. The average molecular weight is 343 g/mol. The van der Waals surface area contributed by atoms with Crippen molar-refractivity contribution >= 4 is 39.9 Å². The standard InChI is InChI=1S/C15H10ClN7O/c16-9-3-4-13-11(6-9)19-12(15-20-21-22-23(13)15)7-14(24)18-10-2-1-5-17-8-10/h1-6,8H,7H2,(H,18,24)/i7D2/hD. The fourth-order valence-electron chi connectivity index (χ4n) is 2.18. The Morgan fingerprint density at radius 2 is 2.33 bits per heavy atom. The van der Waals surface area contributed by atoms with Crippen LogP contribution in [0.4, 0.5) is 5.69 Å². The SMILES string of the molecule is [2H]N(C(=O)C([2H])([2H])c1nc2cc(Cl)ccc2n2nnnc12)c1cccnc1. The van der Waals surface area contributed by atoms with Gasteiger partial charge in [0.2, 0.25) is 11.6 Å². The highest BCUT2D eigenvalue weighted by molar-refractivity contribution is 6.31. The number of halogens is 1. The lowest BCUT2D eigenvalue weighted by Gasteiger charge is -2.07. The molecule has 4 aromatic rings. The first-order valence-electron chi connectivity index (χ1n) is 8.25. The number of aromatic nitrogens is 6. The molecule has 0 unspecified atom stereocenters. The van der Waals surface area contributed by atoms with Crippen molar-refractivity contribution in [2.45, 2.75) is 6.37 Å². The van der Waals surface area contributed by atoms with Gasteiger partial charge in [-0.25, -0.2) is 4.98 Å². The molecular weight excluding hydrogens is 330 g/mol. The molecule has 0 bridgehead atoms. The Hall–Kier alpha value is -3.13. The van der Waals surface area contributed by atoms with Crippen LogP contribution in [0.15, 0.2) is 42.7 Å². The molecule has 0 atom stereocenters. The van der Waals surface area contributed by atoms with Crippen LogP contribution in [0.25, 0.3) is 16.7 Å². The van der Waals surface area contributed by atoms with E-state index in [4.69, 9.17) is 15.8 Å². The van der Waals surface area contributed by atoms with E-state index in [1.54, 1.807) is 12.1 Å². The molecule has 0 aliphatic carbocycles. The normalized spacial score (nSPS) is 13.5. The van der Waals surface area contributed by atoms with E-state index in [1.165, 1.54) is 35.1 Å².